The summed E-state index contributed by atoms with van der Waals surface area (Å²) < 4.78 is 0. The highest BCUT2D eigenvalue weighted by molar-refractivity contribution is 5.81. The lowest BCUT2D eigenvalue weighted by atomic mass is 10.3. The van der Waals surface area contributed by atoms with Crippen LogP contribution in [0.5, 0.6) is 0 Å². The molecule has 0 saturated heterocycles. The molecule has 0 radical (unpaired) electrons. The molecule has 0 saturated carbocycles. The van der Waals surface area contributed by atoms with Crippen LogP contribution in [0.3, 0.4) is 0 Å². The van der Waals surface area contributed by atoms with E-state index in [-0.39, 0.29) is 0 Å². The number of rotatable bonds is 5. The van der Waals surface area contributed by atoms with E-state index in [0.717, 1.165) is 31.8 Å². The van der Waals surface area contributed by atoms with E-state index in [9.17, 15) is 0 Å². The van der Waals surface area contributed by atoms with Gasteiger partial charge in [-0.1, -0.05) is 20.3 Å². The van der Waals surface area contributed by atoms with Gasteiger partial charge in [0.15, 0.2) is 0 Å². The van der Waals surface area contributed by atoms with Crippen LogP contribution >= 0.6 is 0 Å². The van der Waals surface area contributed by atoms with E-state index in [1.54, 1.807) is 5.01 Å². The molecule has 0 unspecified atom stereocenters. The molecule has 3 nitrogen and oxygen atoms in total. The molecule has 0 aliphatic rings. The number of aliphatic imine (C=N–C) groups is 1. The Balaban J connectivity index is 3.86. The summed E-state index contributed by atoms with van der Waals surface area (Å²) in [5, 5.41) is 1.72. The third-order valence-electron chi connectivity index (χ3n) is 1.79. The van der Waals surface area contributed by atoms with Crippen molar-refractivity contribution in [2.24, 2.45) is 10.8 Å². The Morgan fingerprint density at radius 2 is 2.00 bits per heavy atom. The van der Waals surface area contributed by atoms with Gasteiger partial charge >= 0.3 is 0 Å². The zero-order valence-corrected chi connectivity index (χ0v) is 8.51. The van der Waals surface area contributed by atoms with Crippen LogP contribution in [0.15, 0.2) is 4.99 Å². The molecule has 0 atom stereocenters. The molecule has 72 valence electrons. The maximum atomic E-state index is 5.71. The van der Waals surface area contributed by atoms with Crippen molar-refractivity contribution in [1.29, 1.82) is 0 Å². The summed E-state index contributed by atoms with van der Waals surface area (Å²) in [7, 11) is 0. The number of hydrazine groups is 1. The Hall–Kier alpha value is -0.570. The fraction of sp³-hybridized carbons (Fsp3) is 0.889. The van der Waals surface area contributed by atoms with Gasteiger partial charge in [-0.3, -0.25) is 10.0 Å². The molecule has 0 amide bonds. The Kier molecular flexibility index (Phi) is 6.76. The van der Waals surface area contributed by atoms with E-state index in [4.69, 9.17) is 5.84 Å². The Morgan fingerprint density at radius 3 is 2.42 bits per heavy atom. The molecule has 0 aromatic carbocycles. The van der Waals surface area contributed by atoms with Crippen molar-refractivity contribution in [2.45, 2.75) is 40.0 Å². The zero-order valence-electron chi connectivity index (χ0n) is 8.51. The van der Waals surface area contributed by atoms with Crippen LogP contribution in [0.25, 0.3) is 0 Å². The summed E-state index contributed by atoms with van der Waals surface area (Å²) in [6, 6.07) is 0. The fourth-order valence-electron chi connectivity index (χ4n) is 0.954. The summed E-state index contributed by atoms with van der Waals surface area (Å²) >= 11 is 0. The number of unbranched alkanes of at least 4 members (excludes halogenated alkanes) is 1. The predicted octanol–water partition coefficient (Wildman–Crippen LogP) is 1.79. The molecule has 0 rings (SSSR count). The van der Waals surface area contributed by atoms with Crippen LogP contribution < -0.4 is 5.84 Å². The lowest BCUT2D eigenvalue weighted by Crippen LogP contribution is -2.36. The summed E-state index contributed by atoms with van der Waals surface area (Å²) in [4.78, 5) is 4.42. The lowest BCUT2D eigenvalue weighted by molar-refractivity contribution is 0.453. The number of hydrogen-bond acceptors (Lipinski definition) is 2. The second-order valence-corrected chi connectivity index (χ2v) is 2.79. The molecule has 0 spiro atoms. The summed E-state index contributed by atoms with van der Waals surface area (Å²) in [5.41, 5.74) is 0. The first kappa shape index (κ1) is 11.4. The molecule has 2 N–H and O–H groups in total. The molecule has 0 aromatic heterocycles. The van der Waals surface area contributed by atoms with Crippen LogP contribution in [-0.2, 0) is 0 Å². The predicted molar refractivity (Wildman–Crippen MR) is 54.1 cm³/mol. The SMILES string of the molecule is CCCCN=C(CC)N(N)CC. The van der Waals surface area contributed by atoms with Crippen molar-refractivity contribution < 1.29 is 0 Å². The number of nitrogens with two attached hydrogens (primary N) is 1. The zero-order chi connectivity index (χ0) is 9.40. The minimum absolute atomic E-state index is 0.832. The van der Waals surface area contributed by atoms with E-state index in [0.29, 0.717) is 0 Å². The number of amidine groups is 1. The molecule has 12 heavy (non-hydrogen) atoms. The Morgan fingerprint density at radius 1 is 1.33 bits per heavy atom. The van der Waals surface area contributed by atoms with Gasteiger partial charge in [0.25, 0.3) is 0 Å². The minimum atomic E-state index is 0.832. The normalized spacial score (nSPS) is 11.8. The van der Waals surface area contributed by atoms with Gasteiger partial charge in [0.1, 0.15) is 5.84 Å². The lowest BCUT2D eigenvalue weighted by Gasteiger charge is -2.17. The van der Waals surface area contributed by atoms with Gasteiger partial charge in [-0.15, -0.1) is 0 Å². The molecule has 0 aromatic rings. The third-order valence-corrected chi connectivity index (χ3v) is 1.79. The van der Waals surface area contributed by atoms with E-state index in [1.807, 2.05) is 6.92 Å². The number of nitrogens with zero attached hydrogens (tertiary/aromatic N) is 2. The Labute approximate surface area is 75.6 Å². The van der Waals surface area contributed by atoms with E-state index in [2.05, 4.69) is 18.8 Å². The first-order chi connectivity index (χ1) is 5.76. The Bertz CT molecular complexity index is 132. The van der Waals surface area contributed by atoms with E-state index in [1.165, 1.54) is 6.42 Å². The van der Waals surface area contributed by atoms with E-state index >= 15 is 0 Å². The van der Waals surface area contributed by atoms with Crippen LogP contribution in [0.2, 0.25) is 0 Å². The van der Waals surface area contributed by atoms with Gasteiger partial charge < -0.3 is 0 Å². The van der Waals surface area contributed by atoms with Gasteiger partial charge in [-0.05, 0) is 13.3 Å². The number of hydrogen-bond donors (Lipinski definition) is 1. The molecule has 0 bridgehead atoms. The third kappa shape index (κ3) is 4.34. The highest BCUT2D eigenvalue weighted by atomic mass is 15.4. The molecular formula is C9H21N3. The van der Waals surface area contributed by atoms with Crippen molar-refractivity contribution in [3.05, 3.63) is 0 Å². The maximum Gasteiger partial charge on any atom is 0.113 e. The average Bonchev–Trinajstić information content (AvgIpc) is 2.11. The summed E-state index contributed by atoms with van der Waals surface area (Å²) in [5.74, 6) is 6.73. The highest BCUT2D eigenvalue weighted by Gasteiger charge is 2.00. The van der Waals surface area contributed by atoms with Crippen molar-refractivity contribution in [3.63, 3.8) is 0 Å². The van der Waals surface area contributed by atoms with Crippen LogP contribution in [0.1, 0.15) is 40.0 Å². The molecule has 0 aliphatic heterocycles. The summed E-state index contributed by atoms with van der Waals surface area (Å²) in [6.45, 7) is 8.03. The standard InChI is InChI=1S/C9H21N3/c1-4-7-8-11-9(5-2)12(10)6-3/h4-8,10H2,1-3H3. The monoisotopic (exact) mass is 171 g/mol. The van der Waals surface area contributed by atoms with Gasteiger partial charge in [-0.25, -0.2) is 5.84 Å². The smallest absolute Gasteiger partial charge is 0.113 e. The van der Waals surface area contributed by atoms with E-state index < -0.39 is 0 Å². The van der Waals surface area contributed by atoms with Gasteiger partial charge in [-0.2, -0.15) is 0 Å². The first-order valence-corrected chi connectivity index (χ1v) is 4.81. The van der Waals surface area contributed by atoms with Crippen LogP contribution in [0, 0.1) is 0 Å². The van der Waals surface area contributed by atoms with Gasteiger partial charge in [0, 0.05) is 19.5 Å². The second kappa shape index (κ2) is 7.10. The quantitative estimate of drug-likeness (QED) is 0.225. The van der Waals surface area contributed by atoms with Crippen molar-refractivity contribution in [1.82, 2.24) is 5.01 Å². The first-order valence-electron chi connectivity index (χ1n) is 4.81. The fourth-order valence-corrected chi connectivity index (χ4v) is 0.954. The van der Waals surface area contributed by atoms with Crippen LogP contribution in [0.4, 0.5) is 0 Å². The van der Waals surface area contributed by atoms with Crippen molar-refractivity contribution in [3.8, 4) is 0 Å². The molecular weight excluding hydrogens is 150 g/mol. The van der Waals surface area contributed by atoms with Gasteiger partial charge in [0.05, 0.1) is 0 Å². The van der Waals surface area contributed by atoms with Crippen LogP contribution in [-0.4, -0.2) is 23.9 Å². The molecule has 3 heteroatoms. The minimum Gasteiger partial charge on any atom is -0.299 e. The van der Waals surface area contributed by atoms with Crippen molar-refractivity contribution >= 4 is 5.84 Å². The summed E-state index contributed by atoms with van der Waals surface area (Å²) in [6.07, 6.45) is 3.27. The topological polar surface area (TPSA) is 41.6 Å². The maximum absolute atomic E-state index is 5.71. The molecule has 0 heterocycles. The molecule has 0 aliphatic carbocycles. The average molecular weight is 171 g/mol. The van der Waals surface area contributed by atoms with Gasteiger partial charge in [0.2, 0.25) is 0 Å². The highest BCUT2D eigenvalue weighted by Crippen LogP contribution is 1.94. The second-order valence-electron chi connectivity index (χ2n) is 2.79. The largest absolute Gasteiger partial charge is 0.299 e. The van der Waals surface area contributed by atoms with Crippen molar-refractivity contribution in [2.75, 3.05) is 13.1 Å². The molecule has 0 fully saturated rings.